The SMILES string of the molecule is COCc1ccc(CN2C(=O)N(c3cnn(Cc4c(C)noc4C)c3)C(=O)C2(C)C)cc1.Cc1noc(C)c1Cn1cc(N2C(=O)N(Cc3ccccc3OC=O)C(C)(C)C2=O)cn1. The van der Waals surface area contributed by atoms with Crippen LogP contribution in [0.25, 0.3) is 0 Å². The minimum Gasteiger partial charge on any atom is -0.428 e. The lowest BCUT2D eigenvalue weighted by molar-refractivity contribution is -0.124. The number of methoxy groups -OCH3 is 1. The molecule has 0 unspecified atom stereocenters. The number of aromatic nitrogens is 6. The van der Waals surface area contributed by atoms with Crippen molar-refractivity contribution in [3.8, 4) is 5.75 Å². The first-order chi connectivity index (χ1) is 30.5. The summed E-state index contributed by atoms with van der Waals surface area (Å²) in [6.45, 7) is 16.4. The van der Waals surface area contributed by atoms with Crippen molar-refractivity contribution in [3.05, 3.63) is 124 Å². The normalized spacial score (nSPS) is 15.6. The van der Waals surface area contributed by atoms with Gasteiger partial charge in [0.2, 0.25) is 0 Å². The van der Waals surface area contributed by atoms with Gasteiger partial charge in [0.1, 0.15) is 28.3 Å². The number of amides is 6. The van der Waals surface area contributed by atoms with Crippen molar-refractivity contribution in [1.82, 2.24) is 39.7 Å². The van der Waals surface area contributed by atoms with Gasteiger partial charge in [0.05, 0.1) is 61.4 Å². The quantitative estimate of drug-likeness (QED) is 0.0878. The third kappa shape index (κ3) is 8.53. The molecule has 64 heavy (non-hydrogen) atoms. The summed E-state index contributed by atoms with van der Waals surface area (Å²) in [5.74, 6) is 1.10. The van der Waals surface area contributed by atoms with E-state index >= 15 is 0 Å². The van der Waals surface area contributed by atoms with Crippen LogP contribution < -0.4 is 14.5 Å². The van der Waals surface area contributed by atoms with Crippen LogP contribution in [0.4, 0.5) is 21.0 Å². The number of imide groups is 2. The molecular formula is C45H50N10O9. The maximum Gasteiger partial charge on any atom is 0.332 e. The van der Waals surface area contributed by atoms with Crippen molar-refractivity contribution in [2.75, 3.05) is 16.9 Å². The molecule has 2 fully saturated rings. The zero-order valence-corrected chi connectivity index (χ0v) is 37.2. The van der Waals surface area contributed by atoms with Gasteiger partial charge in [-0.15, -0.1) is 0 Å². The van der Waals surface area contributed by atoms with E-state index in [0.29, 0.717) is 61.2 Å². The summed E-state index contributed by atoms with van der Waals surface area (Å²) < 4.78 is 23.9. The van der Waals surface area contributed by atoms with E-state index in [1.165, 1.54) is 22.2 Å². The van der Waals surface area contributed by atoms with Gasteiger partial charge in [-0.05, 0) is 72.6 Å². The van der Waals surface area contributed by atoms with Crippen LogP contribution in [0, 0.1) is 27.7 Å². The third-order valence-electron chi connectivity index (χ3n) is 11.6. The van der Waals surface area contributed by atoms with Crippen LogP contribution in [-0.4, -0.2) is 88.2 Å². The molecule has 0 aliphatic carbocycles. The Labute approximate surface area is 369 Å². The Bertz CT molecular complexity index is 2670. The van der Waals surface area contributed by atoms with Gasteiger partial charge >= 0.3 is 12.1 Å². The van der Waals surface area contributed by atoms with Crippen molar-refractivity contribution < 1.29 is 42.5 Å². The zero-order valence-electron chi connectivity index (χ0n) is 37.2. The van der Waals surface area contributed by atoms with Gasteiger partial charge < -0.3 is 28.3 Å². The number of para-hydroxylation sites is 1. The highest BCUT2D eigenvalue weighted by molar-refractivity contribution is 6.23. The molecule has 6 aromatic rings. The van der Waals surface area contributed by atoms with Crippen molar-refractivity contribution in [1.29, 1.82) is 0 Å². The molecule has 6 amide bonds. The summed E-state index contributed by atoms with van der Waals surface area (Å²) in [6, 6.07) is 13.9. The number of aryl methyl sites for hydroxylation is 4. The second-order valence-electron chi connectivity index (χ2n) is 16.6. The standard InChI is InChI=1S/C23H27N5O4.C22H23N5O5/c1-15-20(16(2)32-25-15)13-26-12-19(10-24-26)28-21(29)23(3,4)27(22(28)30)11-17-6-8-18(9-7-17)14-31-5;1-14-18(15(2)32-24-14)12-25-11-17(9-23-25)27-20(29)22(3,4)26(21(27)30)10-16-7-5-6-8-19(16)31-13-28/h6-10,12H,11,13-14H2,1-5H3;5-9,11,13H,10,12H2,1-4H3. The predicted octanol–water partition coefficient (Wildman–Crippen LogP) is 6.25. The highest BCUT2D eigenvalue weighted by Gasteiger charge is 2.53. The smallest absolute Gasteiger partial charge is 0.332 e. The molecule has 0 radical (unpaired) electrons. The van der Waals surface area contributed by atoms with Gasteiger partial charge in [-0.25, -0.2) is 19.4 Å². The number of hydrogen-bond donors (Lipinski definition) is 0. The molecule has 2 aliphatic heterocycles. The number of nitrogens with zero attached hydrogens (tertiary/aromatic N) is 10. The van der Waals surface area contributed by atoms with Gasteiger partial charge in [-0.2, -0.15) is 10.2 Å². The lowest BCUT2D eigenvalue weighted by Gasteiger charge is -2.28. The number of hydrogen-bond acceptors (Lipinski definition) is 13. The molecule has 334 valence electrons. The summed E-state index contributed by atoms with van der Waals surface area (Å²) in [7, 11) is 1.65. The Morgan fingerprint density at radius 1 is 0.641 bits per heavy atom. The van der Waals surface area contributed by atoms with Crippen LogP contribution in [0.1, 0.15) is 78.4 Å². The van der Waals surface area contributed by atoms with Crippen LogP contribution in [-0.2, 0) is 51.9 Å². The molecule has 4 aromatic heterocycles. The first-order valence-electron chi connectivity index (χ1n) is 20.4. The minimum absolute atomic E-state index is 0.102. The van der Waals surface area contributed by atoms with E-state index in [-0.39, 0.29) is 24.4 Å². The van der Waals surface area contributed by atoms with Crippen molar-refractivity contribution in [2.24, 2.45) is 0 Å². The van der Waals surface area contributed by atoms with E-state index in [1.54, 1.807) is 85.7 Å². The Morgan fingerprint density at radius 2 is 1.11 bits per heavy atom. The molecule has 2 saturated heterocycles. The van der Waals surface area contributed by atoms with Gasteiger partial charge in [0, 0.05) is 42.7 Å². The Balaban J connectivity index is 0.000000191. The molecule has 6 heterocycles. The fourth-order valence-corrected chi connectivity index (χ4v) is 7.61. The summed E-state index contributed by atoms with van der Waals surface area (Å²) in [4.78, 5) is 69.2. The van der Waals surface area contributed by atoms with Crippen molar-refractivity contribution in [2.45, 2.75) is 99.3 Å². The molecule has 2 aliphatic rings. The molecular weight excluding hydrogens is 825 g/mol. The summed E-state index contributed by atoms with van der Waals surface area (Å²) in [5, 5.41) is 16.5. The third-order valence-corrected chi connectivity index (χ3v) is 11.6. The average molecular weight is 875 g/mol. The second-order valence-corrected chi connectivity index (χ2v) is 16.6. The maximum absolute atomic E-state index is 13.3. The fraction of sp³-hybridized carbons (Fsp3) is 0.356. The molecule has 0 atom stereocenters. The van der Waals surface area contributed by atoms with Gasteiger partial charge in [-0.1, -0.05) is 52.8 Å². The van der Waals surface area contributed by atoms with E-state index in [2.05, 4.69) is 20.5 Å². The first-order valence-corrected chi connectivity index (χ1v) is 20.4. The number of ether oxygens (including phenoxy) is 2. The van der Waals surface area contributed by atoms with E-state index in [0.717, 1.165) is 44.3 Å². The fourth-order valence-electron chi connectivity index (χ4n) is 7.61. The number of carbonyl (C=O) groups excluding carboxylic acids is 5. The van der Waals surface area contributed by atoms with Crippen LogP contribution in [0.2, 0.25) is 0 Å². The maximum atomic E-state index is 13.3. The molecule has 8 rings (SSSR count). The zero-order chi connectivity index (χ0) is 46.1. The van der Waals surface area contributed by atoms with Gasteiger partial charge in [0.25, 0.3) is 18.3 Å². The number of anilines is 2. The summed E-state index contributed by atoms with van der Waals surface area (Å²) >= 11 is 0. The molecule has 0 spiro atoms. The lowest BCUT2D eigenvalue weighted by Crippen LogP contribution is -2.43. The highest BCUT2D eigenvalue weighted by Crippen LogP contribution is 2.36. The van der Waals surface area contributed by atoms with E-state index in [9.17, 15) is 24.0 Å². The van der Waals surface area contributed by atoms with Gasteiger partial charge in [-0.3, -0.25) is 23.7 Å². The Kier molecular flexibility index (Phi) is 12.4. The summed E-state index contributed by atoms with van der Waals surface area (Å²) in [5.41, 5.74) is 4.71. The number of rotatable bonds is 14. The average Bonchev–Trinajstić information content (AvgIpc) is 4.11. The van der Waals surface area contributed by atoms with Crippen LogP contribution >= 0.6 is 0 Å². The molecule has 0 N–H and O–H groups in total. The minimum atomic E-state index is -1.10. The largest absolute Gasteiger partial charge is 0.428 e. The monoisotopic (exact) mass is 874 g/mol. The highest BCUT2D eigenvalue weighted by atomic mass is 16.5. The number of urea groups is 2. The van der Waals surface area contributed by atoms with Gasteiger partial charge in [0.15, 0.2) is 0 Å². The molecule has 19 nitrogen and oxygen atoms in total. The molecule has 0 saturated carbocycles. The van der Waals surface area contributed by atoms with Crippen LogP contribution in [0.3, 0.4) is 0 Å². The predicted molar refractivity (Wildman–Crippen MR) is 230 cm³/mol. The topological polar surface area (TPSA) is 204 Å². The second kappa shape index (κ2) is 17.8. The number of benzene rings is 2. The van der Waals surface area contributed by atoms with E-state index in [4.69, 9.17) is 18.5 Å². The van der Waals surface area contributed by atoms with Crippen LogP contribution in [0.15, 0.2) is 82.4 Å². The number of carbonyl (C=O) groups is 5. The molecule has 0 bridgehead atoms. The lowest BCUT2D eigenvalue weighted by atomic mass is 10.0. The molecule has 2 aromatic carbocycles. The van der Waals surface area contributed by atoms with Crippen molar-refractivity contribution >= 4 is 41.7 Å². The van der Waals surface area contributed by atoms with E-state index in [1.807, 2.05) is 52.0 Å². The Morgan fingerprint density at radius 3 is 1.56 bits per heavy atom. The molecule has 19 heteroatoms. The van der Waals surface area contributed by atoms with E-state index < -0.39 is 17.1 Å². The summed E-state index contributed by atoms with van der Waals surface area (Å²) in [6.07, 6.45) is 6.36. The first kappa shape index (κ1) is 44.6. The van der Waals surface area contributed by atoms with Crippen LogP contribution in [0.5, 0.6) is 5.75 Å². The Hall–Kier alpha value is -7.41. The van der Waals surface area contributed by atoms with Crippen molar-refractivity contribution in [3.63, 3.8) is 0 Å².